The molecule has 4 heteroatoms. The molecule has 0 fully saturated rings. The second-order valence-corrected chi connectivity index (χ2v) is 6.45. The van der Waals surface area contributed by atoms with E-state index in [1.54, 1.807) is 11.3 Å². The molecule has 0 aliphatic heterocycles. The average Bonchev–Trinajstić information content (AvgIpc) is 2.93. The van der Waals surface area contributed by atoms with E-state index in [1.807, 2.05) is 11.3 Å². The van der Waals surface area contributed by atoms with Gasteiger partial charge in [0.1, 0.15) is 5.01 Å². The Kier molecular flexibility index (Phi) is 3.03. The van der Waals surface area contributed by atoms with E-state index in [9.17, 15) is 0 Å². The van der Waals surface area contributed by atoms with Crippen molar-refractivity contribution in [1.29, 1.82) is 0 Å². The monoisotopic (exact) mass is 264 g/mol. The smallest absolute Gasteiger partial charge is 0.124 e. The zero-order chi connectivity index (χ0) is 11.8. The van der Waals surface area contributed by atoms with Gasteiger partial charge in [0.25, 0.3) is 0 Å². The molecule has 2 heterocycles. The summed E-state index contributed by atoms with van der Waals surface area (Å²) < 4.78 is 0. The minimum Gasteiger partial charge on any atom is -0.330 e. The van der Waals surface area contributed by atoms with E-state index in [1.165, 1.54) is 46.0 Å². The standard InChI is InChI=1S/C13H16N2S2/c1-8-6-16-7-10(8)13-15-12-9(5-14)3-2-4-11(12)17-13/h6-7,9H,2-5,14H2,1H3. The van der Waals surface area contributed by atoms with E-state index in [0.717, 1.165) is 6.54 Å². The van der Waals surface area contributed by atoms with Crippen LogP contribution in [-0.4, -0.2) is 11.5 Å². The molecule has 2 nitrogen and oxygen atoms in total. The van der Waals surface area contributed by atoms with Gasteiger partial charge in [0.15, 0.2) is 0 Å². The number of nitrogens with zero attached hydrogens (tertiary/aromatic N) is 1. The molecule has 3 rings (SSSR count). The minimum atomic E-state index is 0.489. The van der Waals surface area contributed by atoms with Crippen molar-refractivity contribution in [3.05, 3.63) is 26.9 Å². The van der Waals surface area contributed by atoms with E-state index >= 15 is 0 Å². The van der Waals surface area contributed by atoms with Gasteiger partial charge in [-0.2, -0.15) is 11.3 Å². The molecule has 90 valence electrons. The van der Waals surface area contributed by atoms with E-state index in [0.29, 0.717) is 5.92 Å². The van der Waals surface area contributed by atoms with Crippen molar-refractivity contribution < 1.29 is 0 Å². The van der Waals surface area contributed by atoms with E-state index in [2.05, 4.69) is 17.7 Å². The van der Waals surface area contributed by atoms with Crippen molar-refractivity contribution in [3.63, 3.8) is 0 Å². The van der Waals surface area contributed by atoms with E-state index in [4.69, 9.17) is 10.7 Å². The largest absolute Gasteiger partial charge is 0.330 e. The van der Waals surface area contributed by atoms with Crippen LogP contribution in [0.2, 0.25) is 0 Å². The van der Waals surface area contributed by atoms with Crippen molar-refractivity contribution in [2.75, 3.05) is 6.54 Å². The van der Waals surface area contributed by atoms with Crippen molar-refractivity contribution in [2.24, 2.45) is 5.73 Å². The minimum absolute atomic E-state index is 0.489. The van der Waals surface area contributed by atoms with Gasteiger partial charge in [-0.15, -0.1) is 11.3 Å². The van der Waals surface area contributed by atoms with Crippen LogP contribution < -0.4 is 5.73 Å². The van der Waals surface area contributed by atoms with Gasteiger partial charge >= 0.3 is 0 Å². The summed E-state index contributed by atoms with van der Waals surface area (Å²) in [4.78, 5) is 6.32. The van der Waals surface area contributed by atoms with Crippen LogP contribution in [0.4, 0.5) is 0 Å². The maximum Gasteiger partial charge on any atom is 0.124 e. The van der Waals surface area contributed by atoms with E-state index < -0.39 is 0 Å². The van der Waals surface area contributed by atoms with Crippen LogP contribution in [0.25, 0.3) is 10.6 Å². The lowest BCUT2D eigenvalue weighted by Gasteiger charge is -2.18. The Morgan fingerprint density at radius 3 is 3.06 bits per heavy atom. The molecule has 0 saturated carbocycles. The van der Waals surface area contributed by atoms with Crippen LogP contribution in [0.5, 0.6) is 0 Å². The molecule has 1 aliphatic rings. The molecule has 2 N–H and O–H groups in total. The van der Waals surface area contributed by atoms with Gasteiger partial charge in [-0.3, -0.25) is 0 Å². The first-order valence-corrected chi connectivity index (χ1v) is 7.78. The first-order chi connectivity index (χ1) is 8.29. The molecular formula is C13H16N2S2. The molecule has 1 aliphatic carbocycles. The van der Waals surface area contributed by atoms with Crippen LogP contribution in [0.3, 0.4) is 0 Å². The van der Waals surface area contributed by atoms with Gasteiger partial charge in [0.05, 0.1) is 5.69 Å². The molecule has 1 unspecified atom stereocenters. The third-order valence-electron chi connectivity index (χ3n) is 3.44. The molecule has 2 aromatic heterocycles. The second kappa shape index (κ2) is 4.52. The average molecular weight is 264 g/mol. The normalized spacial score (nSPS) is 19.3. The predicted octanol–water partition coefficient (Wildman–Crippen LogP) is 3.56. The number of rotatable bonds is 2. The Morgan fingerprint density at radius 1 is 1.47 bits per heavy atom. The third kappa shape index (κ3) is 1.94. The first kappa shape index (κ1) is 11.4. The molecule has 0 saturated heterocycles. The summed E-state index contributed by atoms with van der Waals surface area (Å²) >= 11 is 3.62. The van der Waals surface area contributed by atoms with Crippen molar-refractivity contribution in [2.45, 2.75) is 32.1 Å². The number of thiophene rings is 1. The topological polar surface area (TPSA) is 38.9 Å². The summed E-state index contributed by atoms with van der Waals surface area (Å²) in [6.45, 7) is 2.89. The Labute approximate surface area is 110 Å². The van der Waals surface area contributed by atoms with Crippen molar-refractivity contribution in [3.8, 4) is 10.6 Å². The highest BCUT2D eigenvalue weighted by Gasteiger charge is 2.24. The Hall–Kier alpha value is -0.710. The fraction of sp³-hybridized carbons (Fsp3) is 0.462. The Morgan fingerprint density at radius 2 is 2.35 bits per heavy atom. The van der Waals surface area contributed by atoms with Crippen LogP contribution in [0.1, 0.15) is 34.9 Å². The fourth-order valence-electron chi connectivity index (χ4n) is 2.43. The van der Waals surface area contributed by atoms with Crippen molar-refractivity contribution >= 4 is 22.7 Å². The number of fused-ring (bicyclic) bond motifs is 1. The van der Waals surface area contributed by atoms with Gasteiger partial charge in [0, 0.05) is 28.3 Å². The molecular weight excluding hydrogens is 248 g/mol. The zero-order valence-electron chi connectivity index (χ0n) is 9.90. The van der Waals surface area contributed by atoms with Gasteiger partial charge in [-0.1, -0.05) is 0 Å². The summed E-state index contributed by atoms with van der Waals surface area (Å²) in [6, 6.07) is 0. The summed E-state index contributed by atoms with van der Waals surface area (Å²) in [6.07, 6.45) is 3.65. The Bertz CT molecular complexity index is 527. The number of hydrogen-bond acceptors (Lipinski definition) is 4. The summed E-state index contributed by atoms with van der Waals surface area (Å²) in [5, 5.41) is 5.59. The maximum absolute atomic E-state index is 5.84. The lowest BCUT2D eigenvalue weighted by Crippen LogP contribution is -2.17. The van der Waals surface area contributed by atoms with Gasteiger partial charge in [0.2, 0.25) is 0 Å². The molecule has 2 aromatic rings. The van der Waals surface area contributed by atoms with Crippen LogP contribution in [0.15, 0.2) is 10.8 Å². The third-order valence-corrected chi connectivity index (χ3v) is 5.47. The maximum atomic E-state index is 5.84. The molecule has 17 heavy (non-hydrogen) atoms. The van der Waals surface area contributed by atoms with Crippen LogP contribution >= 0.6 is 22.7 Å². The van der Waals surface area contributed by atoms with Crippen LogP contribution in [0, 0.1) is 6.92 Å². The number of aromatic nitrogens is 1. The lowest BCUT2D eigenvalue weighted by molar-refractivity contribution is 0.554. The zero-order valence-corrected chi connectivity index (χ0v) is 11.5. The van der Waals surface area contributed by atoms with Gasteiger partial charge in [-0.05, 0) is 37.1 Å². The number of aryl methyl sites for hydroxylation is 2. The quantitative estimate of drug-likeness (QED) is 0.900. The highest BCUT2D eigenvalue weighted by molar-refractivity contribution is 7.15. The number of thiazole rings is 1. The SMILES string of the molecule is Cc1cscc1-c1nc2c(s1)CCCC2CN. The highest BCUT2D eigenvalue weighted by atomic mass is 32.1. The first-order valence-electron chi connectivity index (χ1n) is 6.02. The predicted molar refractivity (Wildman–Crippen MR) is 74.9 cm³/mol. The summed E-state index contributed by atoms with van der Waals surface area (Å²) in [5.74, 6) is 0.489. The highest BCUT2D eigenvalue weighted by Crippen LogP contribution is 2.39. The number of hydrogen-bond donors (Lipinski definition) is 1. The molecule has 0 bridgehead atoms. The summed E-state index contributed by atoms with van der Waals surface area (Å²) in [7, 11) is 0. The van der Waals surface area contributed by atoms with Gasteiger partial charge < -0.3 is 5.73 Å². The van der Waals surface area contributed by atoms with Gasteiger partial charge in [-0.25, -0.2) is 4.98 Å². The second-order valence-electron chi connectivity index (χ2n) is 4.62. The lowest BCUT2D eigenvalue weighted by atomic mass is 9.91. The molecule has 0 aromatic carbocycles. The summed E-state index contributed by atoms with van der Waals surface area (Å²) in [5.41, 5.74) is 9.77. The fourth-order valence-corrected chi connectivity index (χ4v) is 4.61. The van der Waals surface area contributed by atoms with Crippen molar-refractivity contribution in [1.82, 2.24) is 4.98 Å². The molecule has 0 spiro atoms. The molecule has 0 amide bonds. The Balaban J connectivity index is 2.04. The van der Waals surface area contributed by atoms with Crippen LogP contribution in [-0.2, 0) is 6.42 Å². The number of nitrogens with two attached hydrogens (primary N) is 1. The molecule has 0 radical (unpaired) electrons. The molecule has 1 atom stereocenters. The van der Waals surface area contributed by atoms with E-state index in [-0.39, 0.29) is 0 Å².